The second-order valence-corrected chi connectivity index (χ2v) is 6.97. The maximum absolute atomic E-state index is 10.9. The van der Waals surface area contributed by atoms with E-state index < -0.39 is 6.10 Å². The number of benzene rings is 1. The van der Waals surface area contributed by atoms with Gasteiger partial charge in [-0.25, -0.2) is 0 Å². The molecule has 1 fully saturated rings. The van der Waals surface area contributed by atoms with Crippen molar-refractivity contribution in [2.24, 2.45) is 5.92 Å². The van der Waals surface area contributed by atoms with Crippen molar-refractivity contribution in [3.8, 4) is 5.75 Å². The number of aliphatic hydroxyl groups is 1. The molecular weight excluding hydrogens is 252 g/mol. The maximum Gasteiger partial charge on any atom is 0.124 e. The third kappa shape index (κ3) is 2.84. The Balaban J connectivity index is 2.36. The molecule has 3 heteroatoms. The van der Waals surface area contributed by atoms with Gasteiger partial charge in [0.2, 0.25) is 0 Å². The summed E-state index contributed by atoms with van der Waals surface area (Å²) in [5.41, 5.74) is 1.42. The van der Waals surface area contributed by atoms with Crippen LogP contribution in [0.25, 0.3) is 0 Å². The van der Waals surface area contributed by atoms with Crippen molar-refractivity contribution in [1.29, 1.82) is 0 Å². The molecule has 0 radical (unpaired) electrons. The van der Waals surface area contributed by atoms with Gasteiger partial charge in [-0.2, -0.15) is 0 Å². The number of ether oxygens (including phenoxy) is 2. The zero-order valence-electron chi connectivity index (χ0n) is 13.4. The highest BCUT2D eigenvalue weighted by molar-refractivity contribution is 5.39. The minimum absolute atomic E-state index is 0.0493. The molecule has 0 aromatic heterocycles. The molecular formula is C17H26O3. The summed E-state index contributed by atoms with van der Waals surface area (Å²) >= 11 is 0. The molecule has 1 aliphatic heterocycles. The topological polar surface area (TPSA) is 38.7 Å². The number of hydrogen-bond donors (Lipinski definition) is 1. The molecule has 1 saturated heterocycles. The molecule has 2 rings (SSSR count). The first kappa shape index (κ1) is 15.3. The van der Waals surface area contributed by atoms with Gasteiger partial charge in [0.15, 0.2) is 0 Å². The first-order valence-corrected chi connectivity index (χ1v) is 7.19. The van der Waals surface area contributed by atoms with Gasteiger partial charge in [0.1, 0.15) is 5.75 Å². The Bertz CT molecular complexity index is 491. The van der Waals surface area contributed by atoms with Crippen LogP contribution in [0.15, 0.2) is 18.2 Å². The van der Waals surface area contributed by atoms with Crippen molar-refractivity contribution in [2.75, 3.05) is 7.11 Å². The molecule has 1 aromatic rings. The van der Waals surface area contributed by atoms with E-state index in [9.17, 15) is 5.11 Å². The van der Waals surface area contributed by atoms with Crippen molar-refractivity contribution < 1.29 is 14.6 Å². The van der Waals surface area contributed by atoms with E-state index in [0.717, 1.165) is 23.3 Å². The van der Waals surface area contributed by atoms with Crippen LogP contribution in [0.3, 0.4) is 0 Å². The lowest BCUT2D eigenvalue weighted by atomic mass is 9.80. The van der Waals surface area contributed by atoms with E-state index in [1.54, 1.807) is 7.11 Å². The van der Waals surface area contributed by atoms with Gasteiger partial charge in [-0.15, -0.1) is 0 Å². The molecule has 0 aliphatic carbocycles. The third-order valence-electron chi connectivity index (χ3n) is 4.23. The van der Waals surface area contributed by atoms with Gasteiger partial charge in [-0.1, -0.05) is 11.6 Å². The van der Waals surface area contributed by atoms with Gasteiger partial charge < -0.3 is 14.6 Å². The van der Waals surface area contributed by atoms with E-state index in [-0.39, 0.29) is 17.1 Å². The molecule has 1 N–H and O–H groups in total. The lowest BCUT2D eigenvalue weighted by Gasteiger charge is -2.31. The molecule has 2 unspecified atom stereocenters. The van der Waals surface area contributed by atoms with Crippen LogP contribution in [0.5, 0.6) is 5.75 Å². The van der Waals surface area contributed by atoms with Crippen molar-refractivity contribution in [3.63, 3.8) is 0 Å². The van der Waals surface area contributed by atoms with Gasteiger partial charge in [-0.05, 0) is 53.2 Å². The van der Waals surface area contributed by atoms with Crippen molar-refractivity contribution >= 4 is 0 Å². The first-order chi connectivity index (χ1) is 9.16. The Kier molecular flexibility index (Phi) is 3.87. The normalized spacial score (nSPS) is 25.4. The van der Waals surface area contributed by atoms with E-state index in [2.05, 4.69) is 27.7 Å². The number of aryl methyl sites for hydroxylation is 1. The highest BCUT2D eigenvalue weighted by Crippen LogP contribution is 2.48. The predicted octanol–water partition coefficient (Wildman–Crippen LogP) is 3.63. The van der Waals surface area contributed by atoms with Gasteiger partial charge in [0, 0.05) is 11.5 Å². The van der Waals surface area contributed by atoms with Crippen LogP contribution in [0.1, 0.15) is 51.3 Å². The van der Waals surface area contributed by atoms with Crippen LogP contribution >= 0.6 is 0 Å². The SMILES string of the molecule is COc1ccc(C)cc1C(O)C1CC(C)(C)OC1(C)C. The molecule has 0 bridgehead atoms. The highest BCUT2D eigenvalue weighted by Gasteiger charge is 2.49. The van der Waals surface area contributed by atoms with E-state index in [4.69, 9.17) is 9.47 Å². The molecule has 20 heavy (non-hydrogen) atoms. The summed E-state index contributed by atoms with van der Waals surface area (Å²) in [4.78, 5) is 0. The van der Waals surface area contributed by atoms with Crippen LogP contribution in [-0.2, 0) is 4.74 Å². The number of methoxy groups -OCH3 is 1. The maximum atomic E-state index is 10.9. The van der Waals surface area contributed by atoms with Gasteiger partial charge in [-0.3, -0.25) is 0 Å². The van der Waals surface area contributed by atoms with Gasteiger partial charge in [0.05, 0.1) is 24.4 Å². The van der Waals surface area contributed by atoms with E-state index >= 15 is 0 Å². The van der Waals surface area contributed by atoms with Crippen LogP contribution in [0.2, 0.25) is 0 Å². The van der Waals surface area contributed by atoms with Crippen LogP contribution in [-0.4, -0.2) is 23.4 Å². The third-order valence-corrected chi connectivity index (χ3v) is 4.23. The minimum atomic E-state index is -0.582. The molecule has 0 amide bonds. The number of rotatable bonds is 3. The molecule has 112 valence electrons. The zero-order chi connectivity index (χ0) is 15.1. The summed E-state index contributed by atoms with van der Waals surface area (Å²) in [6.07, 6.45) is 0.250. The molecule has 1 aliphatic rings. The van der Waals surface area contributed by atoms with Crippen molar-refractivity contribution in [1.82, 2.24) is 0 Å². The van der Waals surface area contributed by atoms with Crippen molar-refractivity contribution in [2.45, 2.75) is 58.3 Å². The first-order valence-electron chi connectivity index (χ1n) is 7.19. The molecule has 1 heterocycles. The van der Waals surface area contributed by atoms with Gasteiger partial charge >= 0.3 is 0 Å². The Morgan fingerprint density at radius 1 is 1.30 bits per heavy atom. The fraction of sp³-hybridized carbons (Fsp3) is 0.647. The zero-order valence-corrected chi connectivity index (χ0v) is 13.4. The summed E-state index contributed by atoms with van der Waals surface area (Å²) in [5, 5.41) is 10.9. The van der Waals surface area contributed by atoms with E-state index in [0.29, 0.717) is 0 Å². The highest BCUT2D eigenvalue weighted by atomic mass is 16.5. The Labute approximate surface area is 121 Å². The monoisotopic (exact) mass is 278 g/mol. The second-order valence-electron chi connectivity index (χ2n) is 6.97. The lowest BCUT2D eigenvalue weighted by molar-refractivity contribution is -0.0881. The van der Waals surface area contributed by atoms with E-state index in [1.165, 1.54) is 0 Å². The van der Waals surface area contributed by atoms with E-state index in [1.807, 2.05) is 25.1 Å². The average Bonchev–Trinajstić information content (AvgIpc) is 2.56. The van der Waals surface area contributed by atoms with Crippen LogP contribution < -0.4 is 4.74 Å². The fourth-order valence-corrected chi connectivity index (χ4v) is 3.40. The summed E-state index contributed by atoms with van der Waals surface area (Å²) in [7, 11) is 1.64. The summed E-state index contributed by atoms with van der Waals surface area (Å²) in [6, 6.07) is 5.92. The quantitative estimate of drug-likeness (QED) is 0.917. The van der Waals surface area contributed by atoms with Crippen LogP contribution in [0, 0.1) is 12.8 Å². The Hall–Kier alpha value is -1.06. The average molecular weight is 278 g/mol. The summed E-state index contributed by atoms with van der Waals surface area (Å²) in [5.74, 6) is 0.789. The molecule has 0 spiro atoms. The standard InChI is InChI=1S/C17H26O3/c1-11-7-8-14(19-6)12(9-11)15(18)13-10-16(2,3)20-17(13,4)5/h7-9,13,15,18H,10H2,1-6H3. The smallest absolute Gasteiger partial charge is 0.124 e. The molecule has 0 saturated carbocycles. The minimum Gasteiger partial charge on any atom is -0.496 e. The number of aliphatic hydroxyl groups excluding tert-OH is 1. The predicted molar refractivity (Wildman–Crippen MR) is 80.0 cm³/mol. The summed E-state index contributed by atoms with van der Waals surface area (Å²) < 4.78 is 11.5. The molecule has 1 aromatic carbocycles. The summed E-state index contributed by atoms with van der Waals surface area (Å²) in [6.45, 7) is 10.3. The largest absolute Gasteiger partial charge is 0.496 e. The Morgan fingerprint density at radius 3 is 2.45 bits per heavy atom. The fourth-order valence-electron chi connectivity index (χ4n) is 3.40. The van der Waals surface area contributed by atoms with Crippen LogP contribution in [0.4, 0.5) is 0 Å². The molecule has 2 atom stereocenters. The number of hydrogen-bond acceptors (Lipinski definition) is 3. The lowest BCUT2D eigenvalue weighted by Crippen LogP contribution is -2.32. The van der Waals surface area contributed by atoms with Crippen molar-refractivity contribution in [3.05, 3.63) is 29.3 Å². The Morgan fingerprint density at radius 2 is 1.95 bits per heavy atom. The molecule has 3 nitrogen and oxygen atoms in total. The second kappa shape index (κ2) is 5.05. The van der Waals surface area contributed by atoms with Gasteiger partial charge in [0.25, 0.3) is 0 Å².